The first-order valence-electron chi connectivity index (χ1n) is 4.56. The van der Waals surface area contributed by atoms with Crippen LogP contribution in [0.2, 0.25) is 0 Å². The van der Waals surface area contributed by atoms with Gasteiger partial charge in [-0.2, -0.15) is 5.26 Å². The molecule has 0 saturated heterocycles. The van der Waals surface area contributed by atoms with E-state index in [1.54, 1.807) is 0 Å². The Balaban J connectivity index is 2.57. The molecule has 0 spiro atoms. The average molecular weight is 214 g/mol. The number of hydrogen-bond acceptors (Lipinski definition) is 2. The molecule has 0 radical (unpaired) electrons. The molecule has 0 aliphatic heterocycles. The van der Waals surface area contributed by atoms with E-state index in [-0.39, 0.29) is 10.7 Å². The van der Waals surface area contributed by atoms with Gasteiger partial charge < -0.3 is 0 Å². The van der Waals surface area contributed by atoms with Crippen molar-refractivity contribution in [1.82, 2.24) is 0 Å². The van der Waals surface area contributed by atoms with E-state index in [2.05, 4.69) is 28.6 Å². The van der Waals surface area contributed by atoms with Crippen LogP contribution in [0.4, 0.5) is 0 Å². The molecule has 0 amide bonds. The molecule has 0 aliphatic carbocycles. The molecule has 2 aromatic rings. The van der Waals surface area contributed by atoms with Crippen molar-refractivity contribution in [2.24, 2.45) is 4.36 Å². The molecular weight excluding hydrogens is 204 g/mol. The van der Waals surface area contributed by atoms with Crippen molar-refractivity contribution in [2.45, 2.75) is 4.90 Å². The molecule has 0 aromatic heterocycles. The van der Waals surface area contributed by atoms with Crippen LogP contribution in [0.15, 0.2) is 51.7 Å². The van der Waals surface area contributed by atoms with Crippen LogP contribution in [0.3, 0.4) is 0 Å². The lowest BCUT2D eigenvalue weighted by Crippen LogP contribution is -1.86. The van der Waals surface area contributed by atoms with E-state index >= 15 is 0 Å². The average Bonchev–Trinajstić information content (AvgIpc) is 2.29. The van der Waals surface area contributed by atoms with E-state index in [9.17, 15) is 0 Å². The molecule has 0 fully saturated rings. The number of hydrogen-bond donors (Lipinski definition) is 0. The van der Waals surface area contributed by atoms with Gasteiger partial charge in [-0.1, -0.05) is 41.0 Å². The molecule has 2 rings (SSSR count). The predicted octanol–water partition coefficient (Wildman–Crippen LogP) is 3.11. The Morgan fingerprint density at radius 2 is 1.87 bits per heavy atom. The first kappa shape index (κ1) is 9.88. The highest BCUT2D eigenvalue weighted by atomic mass is 32.2. The minimum Gasteiger partial charge on any atom is -0.170 e. The summed E-state index contributed by atoms with van der Waals surface area (Å²) in [5, 5.41) is 10.9. The second kappa shape index (κ2) is 4.24. The van der Waals surface area contributed by atoms with Gasteiger partial charge in [-0.15, -0.1) is 4.36 Å². The summed E-state index contributed by atoms with van der Waals surface area (Å²) in [6, 6.07) is 14.4. The van der Waals surface area contributed by atoms with Crippen molar-refractivity contribution in [3.63, 3.8) is 0 Å². The number of nitrogens with zero attached hydrogens (tertiary/aromatic N) is 2. The zero-order chi connectivity index (χ0) is 10.7. The SMILES string of the molecule is CS(=NC#N)c1ccc2ccccc2c1. The lowest BCUT2D eigenvalue weighted by Gasteiger charge is -2.02. The molecule has 0 bridgehead atoms. The van der Waals surface area contributed by atoms with Crippen molar-refractivity contribution in [2.75, 3.05) is 6.26 Å². The van der Waals surface area contributed by atoms with Crippen molar-refractivity contribution in [1.29, 1.82) is 5.26 Å². The molecule has 0 aliphatic rings. The third-order valence-corrected chi connectivity index (χ3v) is 3.53. The van der Waals surface area contributed by atoms with E-state index < -0.39 is 0 Å². The van der Waals surface area contributed by atoms with Gasteiger partial charge in [0, 0.05) is 4.90 Å². The van der Waals surface area contributed by atoms with Gasteiger partial charge >= 0.3 is 0 Å². The third-order valence-electron chi connectivity index (χ3n) is 2.24. The van der Waals surface area contributed by atoms with Gasteiger partial charge in [-0.25, -0.2) is 0 Å². The number of fused-ring (bicyclic) bond motifs is 1. The fourth-order valence-corrected chi connectivity index (χ4v) is 2.26. The van der Waals surface area contributed by atoms with E-state index in [1.165, 1.54) is 10.8 Å². The Labute approximate surface area is 91.3 Å². The van der Waals surface area contributed by atoms with Gasteiger partial charge in [-0.3, -0.25) is 0 Å². The fraction of sp³-hybridized carbons (Fsp3) is 0.0833. The maximum absolute atomic E-state index is 8.50. The van der Waals surface area contributed by atoms with E-state index in [1.807, 2.05) is 30.6 Å². The van der Waals surface area contributed by atoms with Crippen LogP contribution < -0.4 is 0 Å². The minimum atomic E-state index is -0.326. The summed E-state index contributed by atoms with van der Waals surface area (Å²) in [5.41, 5.74) is 0. The lowest BCUT2D eigenvalue weighted by atomic mass is 10.1. The monoisotopic (exact) mass is 214 g/mol. The molecule has 0 N–H and O–H groups in total. The number of nitriles is 1. The van der Waals surface area contributed by atoms with Crippen LogP contribution in [0.25, 0.3) is 10.8 Å². The molecule has 2 nitrogen and oxygen atoms in total. The fourth-order valence-electron chi connectivity index (χ4n) is 1.47. The lowest BCUT2D eigenvalue weighted by molar-refractivity contribution is 1.44. The van der Waals surface area contributed by atoms with Crippen LogP contribution in [-0.2, 0) is 10.7 Å². The summed E-state index contributed by atoms with van der Waals surface area (Å²) in [6.07, 6.45) is 3.80. The zero-order valence-corrected chi connectivity index (χ0v) is 9.16. The summed E-state index contributed by atoms with van der Waals surface area (Å²) < 4.78 is 3.83. The normalized spacial score (nSPS) is 12.5. The minimum absolute atomic E-state index is 0.326. The highest BCUT2D eigenvalue weighted by Gasteiger charge is 1.97. The smallest absolute Gasteiger partial charge is 0.170 e. The molecule has 3 heteroatoms. The molecule has 74 valence electrons. The Morgan fingerprint density at radius 3 is 2.60 bits per heavy atom. The molecular formula is C12H10N2S. The van der Waals surface area contributed by atoms with Crippen molar-refractivity contribution >= 4 is 21.5 Å². The first-order chi connectivity index (χ1) is 7.31. The van der Waals surface area contributed by atoms with Crippen LogP contribution in [-0.4, -0.2) is 6.26 Å². The van der Waals surface area contributed by atoms with Crippen LogP contribution in [0, 0.1) is 11.5 Å². The summed E-state index contributed by atoms with van der Waals surface area (Å²) in [7, 11) is -0.326. The second-order valence-electron chi connectivity index (χ2n) is 3.18. The summed E-state index contributed by atoms with van der Waals surface area (Å²) in [4.78, 5) is 1.11. The standard InChI is InChI=1S/C12H10N2S/c1-15(14-9-13)12-7-6-10-4-2-3-5-11(10)8-12/h2-8H,1H3. The van der Waals surface area contributed by atoms with E-state index in [0.717, 1.165) is 4.90 Å². The topological polar surface area (TPSA) is 36.1 Å². The van der Waals surface area contributed by atoms with Gasteiger partial charge in [0.15, 0.2) is 0 Å². The van der Waals surface area contributed by atoms with Gasteiger partial charge in [0.2, 0.25) is 6.19 Å². The van der Waals surface area contributed by atoms with Gasteiger partial charge in [-0.05, 0) is 29.2 Å². The highest BCUT2D eigenvalue weighted by molar-refractivity contribution is 7.86. The summed E-state index contributed by atoms with van der Waals surface area (Å²) in [6.45, 7) is 0. The molecule has 2 aromatic carbocycles. The number of benzene rings is 2. The van der Waals surface area contributed by atoms with Crippen molar-refractivity contribution < 1.29 is 0 Å². The maximum atomic E-state index is 8.50. The molecule has 0 heterocycles. The van der Waals surface area contributed by atoms with Gasteiger partial charge in [0.1, 0.15) is 0 Å². The highest BCUT2D eigenvalue weighted by Crippen LogP contribution is 2.17. The molecule has 15 heavy (non-hydrogen) atoms. The summed E-state index contributed by atoms with van der Waals surface area (Å²) in [5.74, 6) is 0. The van der Waals surface area contributed by atoms with E-state index in [4.69, 9.17) is 5.26 Å². The first-order valence-corrected chi connectivity index (χ1v) is 6.15. The maximum Gasteiger partial charge on any atom is 0.212 e. The van der Waals surface area contributed by atoms with E-state index in [0.29, 0.717) is 0 Å². The third kappa shape index (κ3) is 2.05. The van der Waals surface area contributed by atoms with Crippen LogP contribution >= 0.6 is 0 Å². The molecule has 1 atom stereocenters. The number of rotatable bonds is 1. The van der Waals surface area contributed by atoms with Gasteiger partial charge in [0.05, 0.1) is 0 Å². The quantitative estimate of drug-likeness (QED) is 0.672. The van der Waals surface area contributed by atoms with Crippen molar-refractivity contribution in [3.05, 3.63) is 42.5 Å². The van der Waals surface area contributed by atoms with Crippen LogP contribution in [0.1, 0.15) is 0 Å². The molecule has 0 saturated carbocycles. The largest absolute Gasteiger partial charge is 0.212 e. The Bertz CT molecular complexity index is 567. The Hall–Kier alpha value is -1.66. The zero-order valence-electron chi connectivity index (χ0n) is 8.34. The molecule has 1 unspecified atom stereocenters. The predicted molar refractivity (Wildman–Crippen MR) is 63.5 cm³/mol. The van der Waals surface area contributed by atoms with Gasteiger partial charge in [0.25, 0.3) is 0 Å². The Kier molecular flexibility index (Phi) is 2.79. The second-order valence-corrected chi connectivity index (χ2v) is 4.79. The van der Waals surface area contributed by atoms with Crippen molar-refractivity contribution in [3.8, 4) is 6.19 Å². The van der Waals surface area contributed by atoms with Crippen LogP contribution in [0.5, 0.6) is 0 Å². The summed E-state index contributed by atoms with van der Waals surface area (Å²) >= 11 is 0. The Morgan fingerprint density at radius 1 is 1.13 bits per heavy atom.